The third kappa shape index (κ3) is 5.53. The molecule has 5 nitrogen and oxygen atoms in total. The smallest absolute Gasteiger partial charge is 0.253 e. The van der Waals surface area contributed by atoms with E-state index in [1.165, 1.54) is 5.56 Å². The van der Waals surface area contributed by atoms with E-state index in [1.807, 2.05) is 47.4 Å². The SMILES string of the molecule is CC1CN(Cc2ccc(C(=O)N3CCC(C(O)c4ccccc4)CC3)cc2)CC(C)O1. The predicted octanol–water partition coefficient (Wildman–Crippen LogP) is 3.88. The molecule has 2 saturated heterocycles. The van der Waals surface area contributed by atoms with Gasteiger partial charge >= 0.3 is 0 Å². The number of carbonyl (C=O) groups excluding carboxylic acids is 1. The van der Waals surface area contributed by atoms with E-state index >= 15 is 0 Å². The highest BCUT2D eigenvalue weighted by molar-refractivity contribution is 5.94. The van der Waals surface area contributed by atoms with E-state index in [0.29, 0.717) is 13.1 Å². The summed E-state index contributed by atoms with van der Waals surface area (Å²) in [5.74, 6) is 0.292. The van der Waals surface area contributed by atoms with Gasteiger partial charge < -0.3 is 14.7 Å². The van der Waals surface area contributed by atoms with E-state index in [-0.39, 0.29) is 24.0 Å². The maximum Gasteiger partial charge on any atom is 0.253 e. The van der Waals surface area contributed by atoms with Crippen molar-refractivity contribution in [3.05, 3.63) is 71.3 Å². The Balaban J connectivity index is 1.30. The first kappa shape index (κ1) is 22.0. The van der Waals surface area contributed by atoms with Crippen LogP contribution in [0.15, 0.2) is 54.6 Å². The molecular weight excluding hydrogens is 388 g/mol. The number of nitrogens with zero attached hydrogens (tertiary/aromatic N) is 2. The third-order valence-electron chi connectivity index (χ3n) is 6.52. The molecule has 2 aliphatic rings. The molecule has 4 rings (SSSR count). The first-order valence-corrected chi connectivity index (χ1v) is 11.5. The summed E-state index contributed by atoms with van der Waals surface area (Å²) in [6.07, 6.45) is 1.71. The molecule has 1 amide bonds. The maximum atomic E-state index is 13.0. The molecule has 2 fully saturated rings. The summed E-state index contributed by atoms with van der Waals surface area (Å²) in [6.45, 7) is 8.38. The Hall–Kier alpha value is -2.21. The highest BCUT2D eigenvalue weighted by atomic mass is 16.5. The van der Waals surface area contributed by atoms with Crippen LogP contribution in [0.3, 0.4) is 0 Å². The molecule has 1 N–H and O–H groups in total. The van der Waals surface area contributed by atoms with Crippen LogP contribution in [0.2, 0.25) is 0 Å². The Bertz CT molecular complexity index is 837. The lowest BCUT2D eigenvalue weighted by atomic mass is 9.87. The number of hydrogen-bond donors (Lipinski definition) is 1. The van der Waals surface area contributed by atoms with Gasteiger partial charge in [0.1, 0.15) is 0 Å². The third-order valence-corrected chi connectivity index (χ3v) is 6.52. The average molecular weight is 423 g/mol. The van der Waals surface area contributed by atoms with Gasteiger partial charge in [0.15, 0.2) is 0 Å². The van der Waals surface area contributed by atoms with Crippen molar-refractivity contribution in [2.45, 2.75) is 51.5 Å². The Morgan fingerprint density at radius 2 is 1.61 bits per heavy atom. The van der Waals surface area contributed by atoms with Gasteiger partial charge in [-0.2, -0.15) is 0 Å². The summed E-state index contributed by atoms with van der Waals surface area (Å²) in [7, 11) is 0. The predicted molar refractivity (Wildman–Crippen MR) is 122 cm³/mol. The summed E-state index contributed by atoms with van der Waals surface area (Å²) in [5.41, 5.74) is 2.93. The van der Waals surface area contributed by atoms with E-state index in [2.05, 4.69) is 30.9 Å². The number of rotatable bonds is 5. The van der Waals surface area contributed by atoms with Crippen LogP contribution in [-0.2, 0) is 11.3 Å². The molecule has 0 saturated carbocycles. The van der Waals surface area contributed by atoms with Crippen molar-refractivity contribution in [2.75, 3.05) is 26.2 Å². The number of ether oxygens (including phenoxy) is 1. The van der Waals surface area contributed by atoms with E-state index in [1.54, 1.807) is 0 Å². The van der Waals surface area contributed by atoms with Crippen LogP contribution in [0.25, 0.3) is 0 Å². The number of aliphatic hydroxyl groups excluding tert-OH is 1. The molecule has 0 spiro atoms. The molecule has 2 aliphatic heterocycles. The van der Waals surface area contributed by atoms with Crippen molar-refractivity contribution in [2.24, 2.45) is 5.92 Å². The zero-order valence-corrected chi connectivity index (χ0v) is 18.6. The molecule has 2 aromatic rings. The molecule has 0 aromatic heterocycles. The summed E-state index contributed by atoms with van der Waals surface area (Å²) >= 11 is 0. The zero-order chi connectivity index (χ0) is 21.8. The molecule has 0 bridgehead atoms. The fourth-order valence-electron chi connectivity index (χ4n) is 4.95. The number of benzene rings is 2. The van der Waals surface area contributed by atoms with Crippen molar-refractivity contribution < 1.29 is 14.6 Å². The van der Waals surface area contributed by atoms with Crippen LogP contribution < -0.4 is 0 Å². The fraction of sp³-hybridized carbons (Fsp3) is 0.500. The van der Waals surface area contributed by atoms with Gasteiger partial charge in [0, 0.05) is 38.3 Å². The minimum Gasteiger partial charge on any atom is -0.388 e. The second-order valence-electron chi connectivity index (χ2n) is 9.13. The van der Waals surface area contributed by atoms with E-state index in [0.717, 1.165) is 43.6 Å². The largest absolute Gasteiger partial charge is 0.388 e. The lowest BCUT2D eigenvalue weighted by molar-refractivity contribution is -0.0704. The number of carbonyl (C=O) groups is 1. The molecule has 2 aromatic carbocycles. The fourth-order valence-corrected chi connectivity index (χ4v) is 4.95. The summed E-state index contributed by atoms with van der Waals surface area (Å²) in [4.78, 5) is 17.3. The van der Waals surface area contributed by atoms with Crippen LogP contribution in [-0.4, -0.2) is 59.2 Å². The topological polar surface area (TPSA) is 53.0 Å². The Morgan fingerprint density at radius 3 is 2.23 bits per heavy atom. The highest BCUT2D eigenvalue weighted by Gasteiger charge is 2.29. The van der Waals surface area contributed by atoms with Crippen molar-refractivity contribution in [1.29, 1.82) is 0 Å². The van der Waals surface area contributed by atoms with Gasteiger partial charge in [0.05, 0.1) is 18.3 Å². The first-order chi connectivity index (χ1) is 15.0. The summed E-state index contributed by atoms with van der Waals surface area (Å²) in [5, 5.41) is 10.7. The molecule has 0 radical (unpaired) electrons. The molecule has 0 aliphatic carbocycles. The zero-order valence-electron chi connectivity index (χ0n) is 18.6. The highest BCUT2D eigenvalue weighted by Crippen LogP contribution is 2.31. The first-order valence-electron chi connectivity index (χ1n) is 11.5. The van der Waals surface area contributed by atoms with E-state index in [9.17, 15) is 9.90 Å². The average Bonchev–Trinajstić information content (AvgIpc) is 2.79. The molecule has 3 atom stereocenters. The standard InChI is InChI=1S/C26H34N2O3/c1-19-16-27(17-20(2)31-19)18-21-8-10-24(11-9-21)26(30)28-14-12-23(13-15-28)25(29)22-6-4-3-5-7-22/h3-11,19-20,23,25,29H,12-18H2,1-2H3. The second kappa shape index (κ2) is 9.94. The Labute approximate surface area is 185 Å². The number of hydrogen-bond acceptors (Lipinski definition) is 4. The lowest BCUT2D eigenvalue weighted by Crippen LogP contribution is -2.44. The number of aliphatic hydroxyl groups is 1. The number of morpholine rings is 1. The van der Waals surface area contributed by atoms with Crippen molar-refractivity contribution in [3.63, 3.8) is 0 Å². The number of likely N-dealkylation sites (tertiary alicyclic amines) is 1. The molecular formula is C26H34N2O3. The normalized spacial score (nSPS) is 24.2. The van der Waals surface area contributed by atoms with Crippen LogP contribution >= 0.6 is 0 Å². The van der Waals surface area contributed by atoms with Crippen LogP contribution in [0.1, 0.15) is 54.3 Å². The second-order valence-corrected chi connectivity index (χ2v) is 9.13. The van der Waals surface area contributed by atoms with Crippen LogP contribution in [0.5, 0.6) is 0 Å². The number of amides is 1. The quantitative estimate of drug-likeness (QED) is 0.795. The van der Waals surface area contributed by atoms with Crippen LogP contribution in [0, 0.1) is 5.92 Å². The summed E-state index contributed by atoms with van der Waals surface area (Å²) in [6, 6.07) is 17.9. The number of piperidine rings is 1. The van der Waals surface area contributed by atoms with Gasteiger partial charge in [-0.05, 0) is 55.9 Å². The van der Waals surface area contributed by atoms with Crippen molar-refractivity contribution in [1.82, 2.24) is 9.80 Å². The van der Waals surface area contributed by atoms with Gasteiger partial charge in [-0.25, -0.2) is 0 Å². The Kier molecular flexibility index (Phi) is 7.06. The maximum absolute atomic E-state index is 13.0. The van der Waals surface area contributed by atoms with E-state index in [4.69, 9.17) is 4.74 Å². The minimum atomic E-state index is -0.455. The monoisotopic (exact) mass is 422 g/mol. The van der Waals surface area contributed by atoms with Gasteiger partial charge in [0.25, 0.3) is 5.91 Å². The molecule has 2 heterocycles. The van der Waals surface area contributed by atoms with Gasteiger partial charge in [-0.15, -0.1) is 0 Å². The van der Waals surface area contributed by atoms with Gasteiger partial charge in [-0.3, -0.25) is 9.69 Å². The lowest BCUT2D eigenvalue weighted by Gasteiger charge is -2.35. The minimum absolute atomic E-state index is 0.0906. The van der Waals surface area contributed by atoms with Crippen LogP contribution in [0.4, 0.5) is 0 Å². The molecule has 5 heteroatoms. The molecule has 166 valence electrons. The molecule has 3 unspecified atom stereocenters. The summed E-state index contributed by atoms with van der Waals surface area (Å²) < 4.78 is 5.81. The van der Waals surface area contributed by atoms with Crippen molar-refractivity contribution >= 4 is 5.91 Å². The van der Waals surface area contributed by atoms with Gasteiger partial charge in [0.2, 0.25) is 0 Å². The Morgan fingerprint density at radius 1 is 1.00 bits per heavy atom. The van der Waals surface area contributed by atoms with Crippen molar-refractivity contribution in [3.8, 4) is 0 Å². The molecule has 31 heavy (non-hydrogen) atoms. The van der Waals surface area contributed by atoms with Gasteiger partial charge in [-0.1, -0.05) is 42.5 Å². The van der Waals surface area contributed by atoms with E-state index < -0.39 is 6.10 Å².